The molecule has 2 aliphatic rings. The Labute approximate surface area is 128 Å². The minimum Gasteiger partial charge on any atom is -0.339 e. The molecular formula is C17H29N3O. The Morgan fingerprint density at radius 1 is 0.952 bits per heavy atom. The quantitative estimate of drug-likeness (QED) is 0.899. The van der Waals surface area contributed by atoms with Gasteiger partial charge in [0.05, 0.1) is 0 Å². The summed E-state index contributed by atoms with van der Waals surface area (Å²) in [6.45, 7) is 9.23. The Hall–Kier alpha value is -0.900. The fourth-order valence-electron chi connectivity index (χ4n) is 3.87. The molecule has 0 atom stereocenters. The maximum absolute atomic E-state index is 5.56. The molecule has 1 aliphatic heterocycles. The molecule has 1 N–H and O–H groups in total. The first-order valence-electron chi connectivity index (χ1n) is 8.58. The maximum Gasteiger partial charge on any atom is 0.229 e. The van der Waals surface area contributed by atoms with Crippen LogP contribution in [0, 0.1) is 11.3 Å². The lowest BCUT2D eigenvalue weighted by Gasteiger charge is -2.36. The molecule has 0 radical (unpaired) electrons. The first-order valence-corrected chi connectivity index (χ1v) is 8.58. The Morgan fingerprint density at radius 2 is 1.62 bits per heavy atom. The molecule has 21 heavy (non-hydrogen) atoms. The summed E-state index contributed by atoms with van der Waals surface area (Å²) >= 11 is 0. The Balaban J connectivity index is 1.60. The van der Waals surface area contributed by atoms with Crippen LogP contribution in [0.4, 0.5) is 0 Å². The molecule has 4 nitrogen and oxygen atoms in total. The number of piperidine rings is 1. The summed E-state index contributed by atoms with van der Waals surface area (Å²) in [6.07, 6.45) is 7.27. The predicted octanol–water partition coefficient (Wildman–Crippen LogP) is 3.86. The molecule has 2 heterocycles. The normalized spacial score (nSPS) is 28.7. The van der Waals surface area contributed by atoms with Gasteiger partial charge < -0.3 is 9.84 Å². The van der Waals surface area contributed by atoms with Crippen LogP contribution >= 0.6 is 0 Å². The van der Waals surface area contributed by atoms with Gasteiger partial charge in [-0.15, -0.1) is 0 Å². The Bertz CT molecular complexity index is 449. The third-order valence-corrected chi connectivity index (χ3v) is 5.46. The van der Waals surface area contributed by atoms with Crippen molar-refractivity contribution >= 4 is 0 Å². The molecule has 4 heteroatoms. The van der Waals surface area contributed by atoms with Gasteiger partial charge in [-0.05, 0) is 62.9 Å². The van der Waals surface area contributed by atoms with Crippen LogP contribution < -0.4 is 5.32 Å². The van der Waals surface area contributed by atoms with E-state index in [1.165, 1.54) is 25.7 Å². The van der Waals surface area contributed by atoms with E-state index in [0.29, 0.717) is 17.3 Å². The number of rotatable bonds is 2. The molecule has 0 spiro atoms. The highest BCUT2D eigenvalue weighted by atomic mass is 16.5. The third kappa shape index (κ3) is 3.47. The van der Waals surface area contributed by atoms with E-state index >= 15 is 0 Å². The van der Waals surface area contributed by atoms with Gasteiger partial charge in [0.2, 0.25) is 5.89 Å². The van der Waals surface area contributed by atoms with Gasteiger partial charge in [-0.3, -0.25) is 0 Å². The third-order valence-electron chi connectivity index (χ3n) is 5.46. The monoisotopic (exact) mass is 291 g/mol. The predicted molar refractivity (Wildman–Crippen MR) is 83.3 cm³/mol. The van der Waals surface area contributed by atoms with Crippen molar-refractivity contribution < 1.29 is 4.52 Å². The van der Waals surface area contributed by atoms with E-state index in [1.807, 2.05) is 0 Å². The van der Waals surface area contributed by atoms with Crippen LogP contribution in [0.1, 0.15) is 82.8 Å². The van der Waals surface area contributed by atoms with Crippen LogP contribution in [-0.2, 0) is 0 Å². The van der Waals surface area contributed by atoms with Crippen molar-refractivity contribution in [3.63, 3.8) is 0 Å². The lowest BCUT2D eigenvalue weighted by atomic mass is 9.70. The first-order chi connectivity index (χ1) is 10.0. The molecule has 2 fully saturated rings. The van der Waals surface area contributed by atoms with Gasteiger partial charge in [0.1, 0.15) is 0 Å². The molecule has 1 aromatic rings. The van der Waals surface area contributed by atoms with Crippen molar-refractivity contribution in [1.29, 1.82) is 0 Å². The number of nitrogens with zero attached hydrogens (tertiary/aromatic N) is 2. The van der Waals surface area contributed by atoms with Crippen molar-refractivity contribution in [3.05, 3.63) is 11.7 Å². The molecule has 1 aromatic heterocycles. The highest BCUT2D eigenvalue weighted by molar-refractivity contribution is 5.02. The zero-order valence-corrected chi connectivity index (χ0v) is 13.7. The largest absolute Gasteiger partial charge is 0.339 e. The van der Waals surface area contributed by atoms with Crippen molar-refractivity contribution in [2.24, 2.45) is 11.3 Å². The molecular weight excluding hydrogens is 262 g/mol. The molecule has 118 valence electrons. The van der Waals surface area contributed by atoms with Crippen LogP contribution in [-0.4, -0.2) is 23.2 Å². The second-order valence-electron chi connectivity index (χ2n) is 7.93. The van der Waals surface area contributed by atoms with E-state index in [0.717, 1.165) is 43.6 Å². The van der Waals surface area contributed by atoms with Crippen molar-refractivity contribution in [2.75, 3.05) is 13.1 Å². The summed E-state index contributed by atoms with van der Waals surface area (Å²) in [6, 6.07) is 0. The number of nitrogens with one attached hydrogen (secondary N) is 1. The molecule has 0 bridgehead atoms. The average Bonchev–Trinajstić information content (AvgIpc) is 2.97. The minimum atomic E-state index is 0.433. The molecule has 1 aliphatic carbocycles. The van der Waals surface area contributed by atoms with E-state index in [9.17, 15) is 0 Å². The average molecular weight is 291 g/mol. The summed E-state index contributed by atoms with van der Waals surface area (Å²) in [5.41, 5.74) is 0.433. The lowest BCUT2D eigenvalue weighted by Crippen LogP contribution is -2.27. The fourth-order valence-corrected chi connectivity index (χ4v) is 3.87. The SMILES string of the molecule is CC(C)(C)C1CCC(c2noc(C3CCNCC3)n2)CC1. The number of hydrogen-bond donors (Lipinski definition) is 1. The first kappa shape index (κ1) is 15.0. The Kier molecular flexibility index (Phi) is 4.34. The highest BCUT2D eigenvalue weighted by Gasteiger charge is 2.32. The van der Waals surface area contributed by atoms with Crippen LogP contribution in [0.25, 0.3) is 0 Å². The van der Waals surface area contributed by atoms with Gasteiger partial charge in [0.25, 0.3) is 0 Å². The fraction of sp³-hybridized carbons (Fsp3) is 0.882. The number of hydrogen-bond acceptors (Lipinski definition) is 4. The molecule has 1 saturated heterocycles. The number of aromatic nitrogens is 2. The molecule has 0 aromatic carbocycles. The molecule has 0 amide bonds. The zero-order valence-electron chi connectivity index (χ0n) is 13.7. The van der Waals surface area contributed by atoms with E-state index < -0.39 is 0 Å². The minimum absolute atomic E-state index is 0.433. The zero-order chi connectivity index (χ0) is 14.9. The van der Waals surface area contributed by atoms with Crippen LogP contribution in [0.2, 0.25) is 0 Å². The lowest BCUT2D eigenvalue weighted by molar-refractivity contribution is 0.166. The van der Waals surface area contributed by atoms with E-state index in [-0.39, 0.29) is 0 Å². The van der Waals surface area contributed by atoms with E-state index in [4.69, 9.17) is 9.51 Å². The van der Waals surface area contributed by atoms with Crippen molar-refractivity contribution in [1.82, 2.24) is 15.5 Å². The Morgan fingerprint density at radius 3 is 2.24 bits per heavy atom. The molecule has 0 unspecified atom stereocenters. The summed E-state index contributed by atoms with van der Waals surface area (Å²) in [7, 11) is 0. The smallest absolute Gasteiger partial charge is 0.229 e. The van der Waals surface area contributed by atoms with Crippen LogP contribution in [0.15, 0.2) is 4.52 Å². The van der Waals surface area contributed by atoms with E-state index in [2.05, 4.69) is 31.2 Å². The highest BCUT2D eigenvalue weighted by Crippen LogP contribution is 2.42. The van der Waals surface area contributed by atoms with Gasteiger partial charge in [0, 0.05) is 11.8 Å². The molecule has 3 rings (SSSR count). The van der Waals surface area contributed by atoms with Crippen molar-refractivity contribution in [3.8, 4) is 0 Å². The van der Waals surface area contributed by atoms with Gasteiger partial charge in [-0.1, -0.05) is 25.9 Å². The van der Waals surface area contributed by atoms with Gasteiger partial charge >= 0.3 is 0 Å². The van der Waals surface area contributed by atoms with E-state index in [1.54, 1.807) is 0 Å². The topological polar surface area (TPSA) is 51.0 Å². The summed E-state index contributed by atoms with van der Waals surface area (Å²) in [5.74, 6) is 3.67. The van der Waals surface area contributed by atoms with Crippen molar-refractivity contribution in [2.45, 2.75) is 71.1 Å². The summed E-state index contributed by atoms with van der Waals surface area (Å²) in [4.78, 5) is 4.74. The summed E-state index contributed by atoms with van der Waals surface area (Å²) in [5, 5.41) is 7.68. The maximum atomic E-state index is 5.56. The van der Waals surface area contributed by atoms with Gasteiger partial charge in [0.15, 0.2) is 5.82 Å². The second-order valence-corrected chi connectivity index (χ2v) is 7.93. The summed E-state index contributed by atoms with van der Waals surface area (Å²) < 4.78 is 5.56. The van der Waals surface area contributed by atoms with Gasteiger partial charge in [-0.25, -0.2) is 0 Å². The molecule has 1 saturated carbocycles. The van der Waals surface area contributed by atoms with Crippen LogP contribution in [0.3, 0.4) is 0 Å². The van der Waals surface area contributed by atoms with Gasteiger partial charge in [-0.2, -0.15) is 4.98 Å². The van der Waals surface area contributed by atoms with Crippen LogP contribution in [0.5, 0.6) is 0 Å². The second kappa shape index (κ2) is 6.07. The standard InChI is InChI=1S/C17H29N3O/c1-17(2,3)14-6-4-12(5-7-14)15-19-16(21-20-15)13-8-10-18-11-9-13/h12-14,18H,4-11H2,1-3H3.